The van der Waals surface area contributed by atoms with Crippen molar-refractivity contribution in [2.45, 2.75) is 24.2 Å². The molecule has 1 heterocycles. The van der Waals surface area contributed by atoms with Crippen LogP contribution in [0.2, 0.25) is 0 Å². The van der Waals surface area contributed by atoms with Crippen LogP contribution in [0.25, 0.3) is 0 Å². The van der Waals surface area contributed by atoms with Gasteiger partial charge in [0.1, 0.15) is 6.10 Å². The Morgan fingerprint density at radius 3 is 2.26 bits per heavy atom. The molecule has 0 bridgehead atoms. The zero-order valence-corrected chi connectivity index (χ0v) is 14.6. The fraction of sp³-hybridized carbons (Fsp3) is 0.429. The van der Waals surface area contributed by atoms with Crippen LogP contribution in [0.15, 0.2) is 40.1 Å². The van der Waals surface area contributed by atoms with E-state index in [-0.39, 0.29) is 9.80 Å². The summed E-state index contributed by atoms with van der Waals surface area (Å²) in [5.41, 5.74) is 0.923. The van der Waals surface area contributed by atoms with Crippen LogP contribution < -0.4 is 0 Å². The molecule has 0 aromatic heterocycles. The first-order valence-corrected chi connectivity index (χ1v) is 9.99. The molecule has 128 valence electrons. The van der Waals surface area contributed by atoms with Crippen molar-refractivity contribution in [1.29, 1.82) is 0 Å². The molecule has 9 heteroatoms. The molecule has 0 amide bonds. The molecule has 23 heavy (non-hydrogen) atoms. The Bertz CT molecular complexity index is 792. The van der Waals surface area contributed by atoms with Gasteiger partial charge in [-0.3, -0.25) is 4.18 Å². The molecule has 0 radical (unpaired) electrons. The van der Waals surface area contributed by atoms with Gasteiger partial charge in [0, 0.05) is 7.11 Å². The van der Waals surface area contributed by atoms with E-state index in [2.05, 4.69) is 4.18 Å². The molecular formula is C14H18O7S2. The van der Waals surface area contributed by atoms with Crippen LogP contribution in [-0.2, 0) is 33.6 Å². The molecule has 2 atom stereocenters. The van der Waals surface area contributed by atoms with Gasteiger partial charge in [0.05, 0.1) is 22.7 Å². The summed E-state index contributed by atoms with van der Waals surface area (Å²) in [6, 6.07) is 6.33. The van der Waals surface area contributed by atoms with Crippen molar-refractivity contribution >= 4 is 20.0 Å². The summed E-state index contributed by atoms with van der Waals surface area (Å²) in [6.07, 6.45) is 0.262. The molecule has 0 saturated heterocycles. The lowest BCUT2D eigenvalue weighted by Gasteiger charge is -2.16. The SMILES string of the molecule is CO[C@H]1C=C(S(=O)(=O)c2ccc(C)cc2)[C@@H](COS(C)(=O)=O)O1. The van der Waals surface area contributed by atoms with Crippen LogP contribution >= 0.6 is 0 Å². The first-order chi connectivity index (χ1) is 10.6. The van der Waals surface area contributed by atoms with Gasteiger partial charge < -0.3 is 9.47 Å². The monoisotopic (exact) mass is 362 g/mol. The molecule has 1 aliphatic heterocycles. The zero-order valence-electron chi connectivity index (χ0n) is 12.9. The number of rotatable bonds is 6. The standard InChI is InChI=1S/C14H18O7S2/c1-10-4-6-11(7-5-10)23(17,18)13-8-14(19-2)21-12(13)9-20-22(3,15)16/h4-8,12,14H,9H2,1-3H3/t12-,14-/m1/s1. The quantitative estimate of drug-likeness (QED) is 0.697. The smallest absolute Gasteiger partial charge is 0.264 e. The molecule has 0 spiro atoms. The van der Waals surface area contributed by atoms with Crippen molar-refractivity contribution in [2.75, 3.05) is 20.0 Å². The fourth-order valence-corrected chi connectivity index (χ4v) is 3.95. The van der Waals surface area contributed by atoms with Gasteiger partial charge in [-0.15, -0.1) is 0 Å². The van der Waals surface area contributed by atoms with Gasteiger partial charge in [-0.05, 0) is 25.1 Å². The Morgan fingerprint density at radius 2 is 1.74 bits per heavy atom. The highest BCUT2D eigenvalue weighted by Crippen LogP contribution is 2.30. The minimum atomic E-state index is -3.83. The summed E-state index contributed by atoms with van der Waals surface area (Å²) in [7, 11) is -6.19. The third-order valence-electron chi connectivity index (χ3n) is 3.22. The fourth-order valence-electron chi connectivity index (χ4n) is 2.06. The number of hydrogen-bond acceptors (Lipinski definition) is 7. The summed E-state index contributed by atoms with van der Waals surface area (Å²) >= 11 is 0. The van der Waals surface area contributed by atoms with Crippen molar-refractivity contribution in [3.63, 3.8) is 0 Å². The van der Waals surface area contributed by atoms with E-state index in [1.807, 2.05) is 6.92 Å². The van der Waals surface area contributed by atoms with Crippen LogP contribution in [0.3, 0.4) is 0 Å². The second kappa shape index (κ2) is 6.70. The maximum Gasteiger partial charge on any atom is 0.264 e. The summed E-state index contributed by atoms with van der Waals surface area (Å²) in [4.78, 5) is 0.0240. The maximum atomic E-state index is 12.7. The van der Waals surface area contributed by atoms with E-state index >= 15 is 0 Å². The number of hydrogen-bond donors (Lipinski definition) is 0. The Labute approximate surface area is 135 Å². The van der Waals surface area contributed by atoms with E-state index < -0.39 is 39.0 Å². The summed E-state index contributed by atoms with van der Waals surface area (Å²) in [6.45, 7) is 1.41. The molecule has 0 N–H and O–H groups in total. The van der Waals surface area contributed by atoms with E-state index in [4.69, 9.17) is 9.47 Å². The van der Waals surface area contributed by atoms with E-state index in [1.165, 1.54) is 25.3 Å². The second-order valence-corrected chi connectivity index (χ2v) is 8.70. The number of sulfone groups is 1. The van der Waals surface area contributed by atoms with Gasteiger partial charge >= 0.3 is 0 Å². The average Bonchev–Trinajstić information content (AvgIpc) is 2.89. The Balaban J connectivity index is 2.33. The average molecular weight is 362 g/mol. The molecule has 1 aromatic rings. The predicted molar refractivity (Wildman–Crippen MR) is 82.9 cm³/mol. The van der Waals surface area contributed by atoms with Crippen molar-refractivity contribution in [3.05, 3.63) is 40.8 Å². The largest absolute Gasteiger partial charge is 0.352 e. The Hall–Kier alpha value is -1.26. The number of ether oxygens (including phenoxy) is 2. The van der Waals surface area contributed by atoms with Crippen molar-refractivity contribution in [3.8, 4) is 0 Å². The van der Waals surface area contributed by atoms with Crippen molar-refractivity contribution in [2.24, 2.45) is 0 Å². The molecule has 1 aliphatic rings. The van der Waals surface area contributed by atoms with Crippen LogP contribution in [0.4, 0.5) is 0 Å². The highest BCUT2D eigenvalue weighted by molar-refractivity contribution is 7.95. The van der Waals surface area contributed by atoms with Gasteiger partial charge in [0.25, 0.3) is 10.1 Å². The third kappa shape index (κ3) is 4.39. The van der Waals surface area contributed by atoms with Gasteiger partial charge in [-0.2, -0.15) is 8.42 Å². The van der Waals surface area contributed by atoms with Gasteiger partial charge in [0.2, 0.25) is 9.84 Å². The molecule has 2 rings (SSSR count). The maximum absolute atomic E-state index is 12.7. The molecule has 0 aliphatic carbocycles. The minimum absolute atomic E-state index is 0.0724. The van der Waals surface area contributed by atoms with E-state index in [0.29, 0.717) is 0 Å². The van der Waals surface area contributed by atoms with E-state index in [9.17, 15) is 16.8 Å². The normalized spacial score (nSPS) is 22.1. The first-order valence-electron chi connectivity index (χ1n) is 6.69. The predicted octanol–water partition coefficient (Wildman–Crippen LogP) is 1.00. The molecule has 0 unspecified atom stereocenters. The third-order valence-corrected chi connectivity index (χ3v) is 5.70. The summed E-state index contributed by atoms with van der Waals surface area (Å²) in [5.74, 6) is 0. The van der Waals surface area contributed by atoms with Crippen LogP contribution in [-0.4, -0.2) is 49.2 Å². The Morgan fingerprint density at radius 1 is 1.13 bits per heavy atom. The lowest BCUT2D eigenvalue weighted by atomic mass is 10.2. The highest BCUT2D eigenvalue weighted by Gasteiger charge is 2.37. The number of benzene rings is 1. The lowest BCUT2D eigenvalue weighted by molar-refractivity contribution is -0.106. The molecule has 7 nitrogen and oxygen atoms in total. The Kier molecular flexibility index (Phi) is 5.27. The van der Waals surface area contributed by atoms with Crippen LogP contribution in [0.5, 0.6) is 0 Å². The van der Waals surface area contributed by atoms with Gasteiger partial charge in [0.15, 0.2) is 6.29 Å². The molecule has 0 saturated carbocycles. The zero-order chi connectivity index (χ0) is 17.3. The molecular weight excluding hydrogens is 344 g/mol. The van der Waals surface area contributed by atoms with Crippen molar-refractivity contribution < 1.29 is 30.5 Å². The first kappa shape index (κ1) is 18.1. The summed E-state index contributed by atoms with van der Waals surface area (Å²) < 4.78 is 62.7. The minimum Gasteiger partial charge on any atom is -0.352 e. The molecule has 0 fully saturated rings. The lowest BCUT2D eigenvalue weighted by Crippen LogP contribution is -2.26. The van der Waals surface area contributed by atoms with Crippen LogP contribution in [0.1, 0.15) is 5.56 Å². The number of aryl methyl sites for hydroxylation is 1. The summed E-state index contributed by atoms with van der Waals surface area (Å²) in [5, 5.41) is 0. The van der Waals surface area contributed by atoms with E-state index in [0.717, 1.165) is 11.8 Å². The van der Waals surface area contributed by atoms with Crippen LogP contribution in [0, 0.1) is 6.92 Å². The van der Waals surface area contributed by atoms with Gasteiger partial charge in [-0.25, -0.2) is 8.42 Å². The topological polar surface area (TPSA) is 96.0 Å². The number of methoxy groups -OCH3 is 1. The van der Waals surface area contributed by atoms with E-state index in [1.54, 1.807) is 12.1 Å². The molecule has 1 aromatic carbocycles. The second-order valence-electron chi connectivity index (χ2n) is 5.10. The van der Waals surface area contributed by atoms with Crippen molar-refractivity contribution in [1.82, 2.24) is 0 Å². The van der Waals surface area contributed by atoms with Gasteiger partial charge in [-0.1, -0.05) is 17.7 Å². The highest BCUT2D eigenvalue weighted by atomic mass is 32.2.